The molecule has 2 bridgehead atoms. The van der Waals surface area contributed by atoms with Crippen LogP contribution in [0.3, 0.4) is 0 Å². The summed E-state index contributed by atoms with van der Waals surface area (Å²) in [7, 11) is -3.51. The molecule has 324 valence electrons. The molecule has 3 aromatic carbocycles. The van der Waals surface area contributed by atoms with Gasteiger partial charge in [0, 0.05) is 60.2 Å². The first-order valence-electron chi connectivity index (χ1n) is 21.1. The number of carbonyl (C=O) groups excluding carboxylic acids is 1. The predicted octanol–water partition coefficient (Wildman–Crippen LogP) is 5.76. The zero-order valence-corrected chi connectivity index (χ0v) is 35.8. The zero-order chi connectivity index (χ0) is 43.7. The number of ether oxygens (including phenoxy) is 1. The maximum atomic E-state index is 15.5. The number of aromatic amines is 1. The second-order valence-electron chi connectivity index (χ2n) is 17.6. The number of nitrogens with one attached hydrogen (secondary N) is 2. The first-order valence-corrected chi connectivity index (χ1v) is 23.0. The summed E-state index contributed by atoms with van der Waals surface area (Å²) in [6.07, 6.45) is 7.84. The molecule has 2 aliphatic heterocycles. The second kappa shape index (κ2) is 14.0. The number of benzene rings is 3. The number of halogens is 1. The second-order valence-corrected chi connectivity index (χ2v) is 19.3. The van der Waals surface area contributed by atoms with E-state index in [1.54, 1.807) is 67.3 Å². The minimum atomic E-state index is -3.51. The quantitative estimate of drug-likeness (QED) is 0.182. The fraction of sp³-hybridized carbons (Fsp3) is 0.356. The molecule has 4 atom stereocenters. The highest BCUT2D eigenvalue weighted by molar-refractivity contribution is 7.92. The number of nitrogens with zero attached hydrogens (tertiary/aromatic N) is 7. The van der Waals surface area contributed by atoms with Gasteiger partial charge >= 0.3 is 11.4 Å². The Hall–Kier alpha value is -6.53. The predicted molar refractivity (Wildman–Crippen MR) is 230 cm³/mol. The van der Waals surface area contributed by atoms with Gasteiger partial charge < -0.3 is 14.2 Å². The molecule has 0 radical (unpaired) electrons. The number of likely N-dealkylation sites (tertiary alicyclic amines) is 1. The summed E-state index contributed by atoms with van der Waals surface area (Å²) in [5, 5.41) is 10.2. The van der Waals surface area contributed by atoms with Crippen LogP contribution < -0.4 is 16.2 Å². The van der Waals surface area contributed by atoms with Gasteiger partial charge in [-0.15, -0.1) is 0 Å². The highest BCUT2D eigenvalue weighted by Gasteiger charge is 2.60. The van der Waals surface area contributed by atoms with Crippen molar-refractivity contribution in [2.75, 3.05) is 24.2 Å². The maximum Gasteiger partial charge on any atom is 0.438 e. The van der Waals surface area contributed by atoms with Crippen LogP contribution in [-0.2, 0) is 26.7 Å². The van der Waals surface area contributed by atoms with E-state index in [4.69, 9.17) is 14.4 Å². The summed E-state index contributed by atoms with van der Waals surface area (Å²) >= 11 is 0. The van der Waals surface area contributed by atoms with Gasteiger partial charge in [-0.2, -0.15) is 5.10 Å². The third-order valence-electron chi connectivity index (χ3n) is 13.6. The SMILES string of the molecule is Cc1cc(-n2nc3c(c2-n2ccn(-c4ccc(NS(C)(=O)=O)cc4)c2=O)C2CC(C3)N2C(=O)c2cc3cc(C4CCOCC4)ccc3n2[C@@]2(c3noc(=O)[nH]3)C[C@@H]2C)cc(C)c1F. The molecule has 2 unspecified atom stereocenters. The Kier molecular flexibility index (Phi) is 8.73. The largest absolute Gasteiger partial charge is 0.438 e. The average molecular weight is 874 g/mol. The van der Waals surface area contributed by atoms with Crippen LogP contribution in [0.5, 0.6) is 0 Å². The molecule has 0 spiro atoms. The highest BCUT2D eigenvalue weighted by Crippen LogP contribution is 2.57. The van der Waals surface area contributed by atoms with Gasteiger partial charge in [0.15, 0.2) is 5.82 Å². The van der Waals surface area contributed by atoms with Gasteiger partial charge in [-0.1, -0.05) is 18.1 Å². The van der Waals surface area contributed by atoms with Crippen molar-refractivity contribution in [1.82, 2.24) is 38.5 Å². The van der Waals surface area contributed by atoms with Gasteiger partial charge in [0.2, 0.25) is 10.0 Å². The molecular formula is C45H44FN9O7S. The zero-order valence-electron chi connectivity index (χ0n) is 35.0. The van der Waals surface area contributed by atoms with E-state index < -0.39 is 33.0 Å². The monoisotopic (exact) mass is 873 g/mol. The fourth-order valence-electron chi connectivity index (χ4n) is 10.4. The average Bonchev–Trinajstić information content (AvgIpc) is 3.75. The number of imidazole rings is 1. The molecule has 4 aliphatic rings. The summed E-state index contributed by atoms with van der Waals surface area (Å²) in [5.74, 6) is -0.0443. The number of H-pyrrole nitrogens is 1. The van der Waals surface area contributed by atoms with Gasteiger partial charge in [-0.25, -0.2) is 27.1 Å². The summed E-state index contributed by atoms with van der Waals surface area (Å²) in [5.41, 5.74) is 4.93. The first-order chi connectivity index (χ1) is 30.2. The summed E-state index contributed by atoms with van der Waals surface area (Å²) in [4.78, 5) is 47.1. The minimum absolute atomic E-state index is 0.0218. The van der Waals surface area contributed by atoms with E-state index in [2.05, 4.69) is 40.0 Å². The fourth-order valence-corrected chi connectivity index (χ4v) is 11.0. The Balaban J connectivity index is 1.04. The third kappa shape index (κ3) is 6.16. The summed E-state index contributed by atoms with van der Waals surface area (Å²) in [6, 6.07) is 17.5. The topological polar surface area (TPSA) is 184 Å². The lowest BCUT2D eigenvalue weighted by atomic mass is 9.77. The van der Waals surface area contributed by atoms with Crippen LogP contribution >= 0.6 is 0 Å². The number of hydrogen-bond donors (Lipinski definition) is 2. The first kappa shape index (κ1) is 39.3. The third-order valence-corrected chi connectivity index (χ3v) is 14.2. The number of sulfonamides is 1. The molecule has 16 nitrogen and oxygen atoms in total. The van der Waals surface area contributed by atoms with Crippen molar-refractivity contribution in [2.45, 2.75) is 76.4 Å². The van der Waals surface area contributed by atoms with Crippen molar-refractivity contribution >= 4 is 32.5 Å². The van der Waals surface area contributed by atoms with Crippen molar-refractivity contribution in [2.24, 2.45) is 5.92 Å². The van der Waals surface area contributed by atoms with Crippen LogP contribution in [0.25, 0.3) is 28.1 Å². The van der Waals surface area contributed by atoms with E-state index in [-0.39, 0.29) is 23.7 Å². The number of anilines is 1. The lowest BCUT2D eigenvalue weighted by molar-refractivity contribution is 0.00511. The number of carbonyl (C=O) groups is 1. The van der Waals surface area contributed by atoms with Crippen molar-refractivity contribution < 1.29 is 26.9 Å². The van der Waals surface area contributed by atoms with Crippen LogP contribution in [0.15, 0.2) is 87.2 Å². The maximum absolute atomic E-state index is 15.5. The molecule has 4 aromatic heterocycles. The molecule has 18 heteroatoms. The standard InChI is InChI=1S/C45H44FN9O7S/c1-24-17-33(18-25(2)39(24)46)55-40(52-14-13-51(44(52)58)31-8-6-30(7-9-31)50-63(4,59)60)38-34(48-55)21-32-22-36(38)53(32)41(56)37-20-29-19-28(27-11-15-61-16-12-27)5-10-35(29)54(37)45(23-26(45)3)42-47-43(57)62-49-42/h5-10,13-14,17-20,26-27,32,36,50H,11-12,15-16,21-23H2,1-4H3,(H,47,49,57)/t26-,32?,36?,45-/m0/s1. The van der Waals surface area contributed by atoms with E-state index in [0.29, 0.717) is 83.9 Å². The Morgan fingerprint density at radius 3 is 2.35 bits per heavy atom. The van der Waals surface area contributed by atoms with E-state index in [1.165, 1.54) is 14.7 Å². The summed E-state index contributed by atoms with van der Waals surface area (Å²) in [6.45, 7) is 6.83. The highest BCUT2D eigenvalue weighted by atomic mass is 32.2. The smallest absolute Gasteiger partial charge is 0.381 e. The summed E-state index contributed by atoms with van der Waals surface area (Å²) < 4.78 is 58.6. The Labute approximate surface area is 359 Å². The lowest BCUT2D eigenvalue weighted by Gasteiger charge is -2.52. The van der Waals surface area contributed by atoms with Crippen LogP contribution in [0.1, 0.15) is 88.8 Å². The van der Waals surface area contributed by atoms with Gasteiger partial charge in [0.1, 0.15) is 22.9 Å². The van der Waals surface area contributed by atoms with Gasteiger partial charge in [-0.3, -0.25) is 28.2 Å². The number of amides is 1. The Morgan fingerprint density at radius 2 is 1.68 bits per heavy atom. The number of aromatic nitrogens is 7. The van der Waals surface area contributed by atoms with Gasteiger partial charge in [-0.05, 0) is 123 Å². The number of hydrogen-bond acceptors (Lipinski definition) is 9. The molecular weight excluding hydrogens is 830 g/mol. The Bertz CT molecular complexity index is 3240. The molecule has 1 saturated carbocycles. The number of aryl methyl sites for hydroxylation is 2. The molecule has 2 saturated heterocycles. The molecule has 11 rings (SSSR count). The van der Waals surface area contributed by atoms with Gasteiger partial charge in [0.05, 0.1) is 29.4 Å². The van der Waals surface area contributed by atoms with E-state index in [1.807, 2.05) is 15.5 Å². The van der Waals surface area contributed by atoms with Crippen molar-refractivity contribution in [3.63, 3.8) is 0 Å². The molecule has 6 heterocycles. The van der Waals surface area contributed by atoms with Crippen LogP contribution in [0.4, 0.5) is 10.1 Å². The van der Waals surface area contributed by atoms with E-state index in [0.717, 1.165) is 41.3 Å². The van der Waals surface area contributed by atoms with E-state index >= 15 is 9.18 Å². The van der Waals surface area contributed by atoms with Crippen LogP contribution in [0.2, 0.25) is 0 Å². The van der Waals surface area contributed by atoms with Gasteiger partial charge in [0.25, 0.3) is 5.91 Å². The van der Waals surface area contributed by atoms with E-state index in [9.17, 15) is 18.0 Å². The molecule has 1 amide bonds. The van der Waals surface area contributed by atoms with Crippen molar-refractivity contribution in [1.29, 1.82) is 0 Å². The molecule has 2 aliphatic carbocycles. The molecule has 7 aromatic rings. The lowest BCUT2D eigenvalue weighted by Crippen LogP contribution is -2.58. The normalized spacial score (nSPS) is 22.0. The molecule has 2 N–H and O–H groups in total. The van der Waals surface area contributed by atoms with Crippen molar-refractivity contribution in [3.8, 4) is 17.2 Å². The molecule has 3 fully saturated rings. The van der Waals surface area contributed by atoms with Crippen LogP contribution in [0, 0.1) is 25.6 Å². The molecule has 63 heavy (non-hydrogen) atoms. The number of fused-ring (bicyclic) bond motifs is 5. The van der Waals surface area contributed by atoms with Crippen molar-refractivity contribution in [3.05, 3.63) is 139 Å². The number of rotatable bonds is 9. The minimum Gasteiger partial charge on any atom is -0.381 e. The Morgan fingerprint density at radius 1 is 0.968 bits per heavy atom. The van der Waals surface area contributed by atoms with Crippen LogP contribution in [-0.4, -0.2) is 78.4 Å².